The summed E-state index contributed by atoms with van der Waals surface area (Å²) < 4.78 is 26.5. The van der Waals surface area contributed by atoms with Gasteiger partial charge in [-0.25, -0.2) is 8.42 Å². The topological polar surface area (TPSA) is 92.2 Å². The minimum absolute atomic E-state index is 0.153. The zero-order chi connectivity index (χ0) is 13.2. The molecule has 0 aromatic carbocycles. The maximum absolute atomic E-state index is 12.0. The van der Waals surface area contributed by atoms with Gasteiger partial charge in [-0.1, -0.05) is 18.3 Å². The minimum atomic E-state index is -3.63. The van der Waals surface area contributed by atoms with E-state index < -0.39 is 10.0 Å². The number of hydrogen-bond acceptors (Lipinski definition) is 7. The second-order valence-electron chi connectivity index (χ2n) is 3.34. The van der Waals surface area contributed by atoms with Gasteiger partial charge in [0, 0.05) is 4.88 Å². The maximum Gasteiger partial charge on any atom is 0.273 e. The van der Waals surface area contributed by atoms with E-state index in [0.717, 1.165) is 16.3 Å². The van der Waals surface area contributed by atoms with Crippen molar-refractivity contribution in [1.82, 2.24) is 10.2 Å². The summed E-state index contributed by atoms with van der Waals surface area (Å²) in [5, 5.41) is 17.5. The van der Waals surface area contributed by atoms with Crippen LogP contribution >= 0.6 is 22.7 Å². The van der Waals surface area contributed by atoms with Crippen molar-refractivity contribution in [2.45, 2.75) is 24.2 Å². The number of aliphatic hydroxyl groups is 1. The van der Waals surface area contributed by atoms with E-state index in [1.165, 1.54) is 17.4 Å². The molecule has 2 heterocycles. The van der Waals surface area contributed by atoms with E-state index in [-0.39, 0.29) is 15.9 Å². The van der Waals surface area contributed by atoms with Crippen LogP contribution in [-0.2, 0) is 23.1 Å². The van der Waals surface area contributed by atoms with Gasteiger partial charge in [0.25, 0.3) is 10.0 Å². The predicted molar refractivity (Wildman–Crippen MR) is 70.3 cm³/mol. The van der Waals surface area contributed by atoms with Gasteiger partial charge in [-0.15, -0.1) is 21.5 Å². The highest BCUT2D eigenvalue weighted by molar-refractivity contribution is 7.94. The number of nitrogens with zero attached hydrogens (tertiary/aromatic N) is 2. The monoisotopic (exact) mass is 305 g/mol. The lowest BCUT2D eigenvalue weighted by atomic mass is 10.5. The molecule has 0 bridgehead atoms. The Bertz CT molecular complexity index is 632. The molecule has 18 heavy (non-hydrogen) atoms. The van der Waals surface area contributed by atoms with Gasteiger partial charge in [-0.3, -0.25) is 4.72 Å². The first-order chi connectivity index (χ1) is 8.55. The second kappa shape index (κ2) is 5.31. The smallest absolute Gasteiger partial charge is 0.273 e. The summed E-state index contributed by atoms with van der Waals surface area (Å²) in [4.78, 5) is 0.599. The molecule has 98 valence electrons. The third-order valence-electron chi connectivity index (χ3n) is 2.05. The van der Waals surface area contributed by atoms with Crippen molar-refractivity contribution >= 4 is 37.8 Å². The zero-order valence-electron chi connectivity index (χ0n) is 9.45. The van der Waals surface area contributed by atoms with Crippen LogP contribution in [-0.4, -0.2) is 23.7 Å². The molecular weight excluding hydrogens is 294 g/mol. The van der Waals surface area contributed by atoms with Gasteiger partial charge in [-0.05, 0) is 18.6 Å². The van der Waals surface area contributed by atoms with Crippen molar-refractivity contribution in [1.29, 1.82) is 0 Å². The van der Waals surface area contributed by atoms with Gasteiger partial charge < -0.3 is 5.11 Å². The van der Waals surface area contributed by atoms with Crippen molar-refractivity contribution in [3.8, 4) is 0 Å². The molecule has 2 aromatic rings. The van der Waals surface area contributed by atoms with E-state index in [2.05, 4.69) is 14.9 Å². The fraction of sp³-hybridized carbons (Fsp3) is 0.333. The Labute approximate surface area is 112 Å². The van der Waals surface area contributed by atoms with Gasteiger partial charge in [0.2, 0.25) is 5.13 Å². The van der Waals surface area contributed by atoms with Crippen molar-refractivity contribution in [2.24, 2.45) is 0 Å². The molecule has 0 unspecified atom stereocenters. The summed E-state index contributed by atoms with van der Waals surface area (Å²) >= 11 is 2.24. The molecule has 2 N–H and O–H groups in total. The third-order valence-corrected chi connectivity index (χ3v) is 6.06. The zero-order valence-corrected chi connectivity index (χ0v) is 11.9. The van der Waals surface area contributed by atoms with Gasteiger partial charge >= 0.3 is 0 Å². The number of aliphatic hydroxyl groups excluding tert-OH is 1. The molecule has 0 spiro atoms. The van der Waals surface area contributed by atoms with E-state index >= 15 is 0 Å². The first kappa shape index (κ1) is 13.4. The van der Waals surface area contributed by atoms with E-state index in [0.29, 0.717) is 11.3 Å². The summed E-state index contributed by atoms with van der Waals surface area (Å²) in [6.07, 6.45) is 0.715. The Morgan fingerprint density at radius 3 is 2.67 bits per heavy atom. The van der Waals surface area contributed by atoms with Crippen molar-refractivity contribution < 1.29 is 13.5 Å². The maximum atomic E-state index is 12.0. The molecule has 0 saturated heterocycles. The first-order valence-corrected chi connectivity index (χ1v) is 8.21. The summed E-state index contributed by atoms with van der Waals surface area (Å²) in [7, 11) is -3.63. The Morgan fingerprint density at radius 2 is 2.11 bits per heavy atom. The highest BCUT2D eigenvalue weighted by Gasteiger charge is 2.18. The van der Waals surface area contributed by atoms with Crippen LogP contribution < -0.4 is 4.72 Å². The summed E-state index contributed by atoms with van der Waals surface area (Å²) in [6, 6.07) is 3.04. The van der Waals surface area contributed by atoms with Gasteiger partial charge in [0.05, 0.1) is 6.61 Å². The number of sulfonamides is 1. The van der Waals surface area contributed by atoms with Crippen LogP contribution in [0.3, 0.4) is 0 Å². The summed E-state index contributed by atoms with van der Waals surface area (Å²) in [5.74, 6) is 0. The van der Waals surface area contributed by atoms with E-state index in [1.807, 2.05) is 6.92 Å². The van der Waals surface area contributed by atoms with Crippen LogP contribution in [0.15, 0.2) is 16.3 Å². The number of thiophene rings is 1. The SMILES string of the molecule is CCc1nnc(NS(=O)(=O)c2ccc(CO)s2)s1. The molecule has 9 heteroatoms. The Kier molecular flexibility index (Phi) is 3.95. The first-order valence-electron chi connectivity index (χ1n) is 5.10. The quantitative estimate of drug-likeness (QED) is 0.872. The molecule has 0 fully saturated rings. The second-order valence-corrected chi connectivity index (χ2v) is 7.48. The molecule has 0 aliphatic rings. The lowest BCUT2D eigenvalue weighted by Gasteiger charge is -2.00. The highest BCUT2D eigenvalue weighted by Crippen LogP contribution is 2.25. The number of rotatable bonds is 5. The van der Waals surface area contributed by atoms with E-state index in [1.54, 1.807) is 6.07 Å². The highest BCUT2D eigenvalue weighted by atomic mass is 32.2. The summed E-state index contributed by atoms with van der Waals surface area (Å²) in [5.41, 5.74) is 0. The van der Waals surface area contributed by atoms with Crippen LogP contribution in [0.25, 0.3) is 0 Å². The van der Waals surface area contributed by atoms with Crippen LogP contribution in [0.4, 0.5) is 5.13 Å². The number of anilines is 1. The van der Waals surface area contributed by atoms with Crippen molar-refractivity contribution in [3.05, 3.63) is 22.0 Å². The van der Waals surface area contributed by atoms with Crippen LogP contribution in [0, 0.1) is 0 Å². The Balaban J connectivity index is 2.21. The largest absolute Gasteiger partial charge is 0.391 e. The number of aryl methyl sites for hydroxylation is 1. The average Bonchev–Trinajstić information content (AvgIpc) is 2.96. The van der Waals surface area contributed by atoms with Crippen LogP contribution in [0.2, 0.25) is 0 Å². The molecule has 0 radical (unpaired) electrons. The third kappa shape index (κ3) is 2.86. The van der Waals surface area contributed by atoms with Crippen LogP contribution in [0.1, 0.15) is 16.8 Å². The average molecular weight is 305 g/mol. The molecule has 0 atom stereocenters. The van der Waals surface area contributed by atoms with Crippen molar-refractivity contribution in [2.75, 3.05) is 4.72 Å². The molecule has 2 rings (SSSR count). The molecule has 0 aliphatic heterocycles. The molecule has 0 saturated carbocycles. The number of hydrogen-bond donors (Lipinski definition) is 2. The number of nitrogens with one attached hydrogen (secondary N) is 1. The predicted octanol–water partition coefficient (Wildman–Crippen LogP) is 1.46. The molecule has 2 aromatic heterocycles. The molecular formula is C9H11N3O3S3. The normalized spacial score (nSPS) is 11.7. The molecule has 0 aliphatic carbocycles. The standard InChI is InChI=1S/C9H11N3O3S3/c1-2-7-10-11-9(17-7)12-18(14,15)8-4-3-6(5-13)16-8/h3-4,13H,2,5H2,1H3,(H,11,12). The van der Waals surface area contributed by atoms with E-state index in [4.69, 9.17) is 5.11 Å². The Hall–Kier alpha value is -1.03. The van der Waals surface area contributed by atoms with Gasteiger partial charge in [-0.2, -0.15) is 0 Å². The van der Waals surface area contributed by atoms with Crippen LogP contribution in [0.5, 0.6) is 0 Å². The lowest BCUT2D eigenvalue weighted by Crippen LogP contribution is -2.11. The fourth-order valence-corrected chi connectivity index (χ4v) is 4.32. The number of aromatic nitrogens is 2. The van der Waals surface area contributed by atoms with E-state index in [9.17, 15) is 8.42 Å². The fourth-order valence-electron chi connectivity index (χ4n) is 1.19. The van der Waals surface area contributed by atoms with Crippen molar-refractivity contribution in [3.63, 3.8) is 0 Å². The molecule has 6 nitrogen and oxygen atoms in total. The van der Waals surface area contributed by atoms with Gasteiger partial charge in [0.15, 0.2) is 0 Å². The molecule has 0 amide bonds. The lowest BCUT2D eigenvalue weighted by molar-refractivity contribution is 0.285. The Morgan fingerprint density at radius 1 is 1.33 bits per heavy atom. The van der Waals surface area contributed by atoms with Gasteiger partial charge in [0.1, 0.15) is 9.22 Å². The minimum Gasteiger partial charge on any atom is -0.391 e. The summed E-state index contributed by atoms with van der Waals surface area (Å²) in [6.45, 7) is 1.75.